The highest BCUT2D eigenvalue weighted by Gasteiger charge is 2.27. The van der Waals surface area contributed by atoms with E-state index in [1.807, 2.05) is 11.4 Å². The minimum atomic E-state index is -0.504. The van der Waals surface area contributed by atoms with E-state index in [1.54, 1.807) is 4.90 Å². The van der Waals surface area contributed by atoms with Gasteiger partial charge in [-0.05, 0) is 34.8 Å². The number of thiophene rings is 1. The first-order chi connectivity index (χ1) is 10.6. The topological polar surface area (TPSA) is 55.3 Å². The Morgan fingerprint density at radius 3 is 2.91 bits per heavy atom. The van der Waals surface area contributed by atoms with Crippen LogP contribution in [0.25, 0.3) is 0 Å². The number of nitrogens with zero attached hydrogens (tertiary/aromatic N) is 3. The molecule has 2 aromatic rings. The van der Waals surface area contributed by atoms with Crippen LogP contribution in [-0.2, 0) is 0 Å². The molecule has 1 saturated heterocycles. The second-order valence-corrected chi connectivity index (χ2v) is 6.77. The van der Waals surface area contributed by atoms with Crippen LogP contribution in [0.4, 0.5) is 4.39 Å². The lowest BCUT2D eigenvalue weighted by atomic mass is 10.1. The number of carbonyl (C=O) groups excluding carboxylic acids is 1. The van der Waals surface area contributed by atoms with Crippen molar-refractivity contribution in [2.75, 3.05) is 13.1 Å². The van der Waals surface area contributed by atoms with Gasteiger partial charge in [0.25, 0.3) is 5.91 Å². The van der Waals surface area contributed by atoms with Crippen LogP contribution in [0.2, 0.25) is 0 Å². The first-order valence-electron chi connectivity index (χ1n) is 6.79. The Kier molecular flexibility index (Phi) is 4.68. The minimum absolute atomic E-state index is 0.00373. The number of hydrogen-bond donors (Lipinski definition) is 0. The Balaban J connectivity index is 1.63. The van der Waals surface area contributed by atoms with E-state index in [0.29, 0.717) is 18.0 Å². The molecule has 0 spiro atoms. The lowest BCUT2D eigenvalue weighted by Crippen LogP contribution is -2.44. The van der Waals surface area contributed by atoms with E-state index in [-0.39, 0.29) is 18.0 Å². The second kappa shape index (κ2) is 6.70. The first-order valence-corrected chi connectivity index (χ1v) is 8.46. The van der Waals surface area contributed by atoms with Crippen molar-refractivity contribution in [2.45, 2.75) is 18.9 Å². The van der Waals surface area contributed by atoms with Gasteiger partial charge in [-0.2, -0.15) is 0 Å². The number of piperidine rings is 1. The van der Waals surface area contributed by atoms with Crippen molar-refractivity contribution in [2.24, 2.45) is 0 Å². The lowest BCUT2D eigenvalue weighted by Gasteiger charge is -2.32. The van der Waals surface area contributed by atoms with Gasteiger partial charge in [0.05, 0.1) is 23.8 Å². The number of rotatable bonds is 3. The van der Waals surface area contributed by atoms with E-state index in [1.165, 1.54) is 11.3 Å². The lowest BCUT2D eigenvalue weighted by molar-refractivity contribution is 0.0519. The van der Waals surface area contributed by atoms with Gasteiger partial charge >= 0.3 is 6.01 Å². The maximum absolute atomic E-state index is 12.8. The predicted octanol–water partition coefficient (Wildman–Crippen LogP) is 3.12. The fraction of sp³-hybridized carbons (Fsp3) is 0.357. The van der Waals surface area contributed by atoms with E-state index in [4.69, 9.17) is 4.74 Å². The zero-order chi connectivity index (χ0) is 15.5. The van der Waals surface area contributed by atoms with Crippen LogP contribution in [0.15, 0.2) is 28.3 Å². The Labute approximate surface area is 139 Å². The molecule has 3 heterocycles. The number of aromatic nitrogens is 2. The summed E-state index contributed by atoms with van der Waals surface area (Å²) in [7, 11) is 0. The summed E-state index contributed by atoms with van der Waals surface area (Å²) in [5.74, 6) is -0.500. The van der Waals surface area contributed by atoms with Crippen molar-refractivity contribution in [3.63, 3.8) is 0 Å². The minimum Gasteiger partial charge on any atom is -0.458 e. The molecule has 1 unspecified atom stereocenters. The van der Waals surface area contributed by atoms with Gasteiger partial charge in [0.2, 0.25) is 0 Å². The Morgan fingerprint density at radius 2 is 2.23 bits per heavy atom. The standard InChI is InChI=1S/C14H13BrFN3O2S/c15-9-4-12(22-8-9)13(20)19-3-1-2-11(7-19)21-14-17-5-10(16)6-18-14/h4-6,8,11H,1-3,7H2. The molecule has 0 saturated carbocycles. The van der Waals surface area contributed by atoms with Crippen molar-refractivity contribution < 1.29 is 13.9 Å². The van der Waals surface area contributed by atoms with Crippen molar-refractivity contribution in [3.8, 4) is 6.01 Å². The molecule has 1 amide bonds. The summed E-state index contributed by atoms with van der Waals surface area (Å²) in [5.41, 5.74) is 0. The number of carbonyl (C=O) groups is 1. The highest BCUT2D eigenvalue weighted by atomic mass is 79.9. The Hall–Kier alpha value is -1.54. The molecule has 1 aliphatic heterocycles. The van der Waals surface area contributed by atoms with Gasteiger partial charge in [0.1, 0.15) is 6.10 Å². The molecule has 5 nitrogen and oxygen atoms in total. The predicted molar refractivity (Wildman–Crippen MR) is 83.6 cm³/mol. The maximum Gasteiger partial charge on any atom is 0.316 e. The van der Waals surface area contributed by atoms with Crippen LogP contribution in [0, 0.1) is 5.82 Å². The van der Waals surface area contributed by atoms with E-state index in [2.05, 4.69) is 25.9 Å². The van der Waals surface area contributed by atoms with Gasteiger partial charge in [-0.3, -0.25) is 4.79 Å². The van der Waals surface area contributed by atoms with Crippen LogP contribution < -0.4 is 4.74 Å². The third-order valence-electron chi connectivity index (χ3n) is 3.31. The molecule has 1 aliphatic rings. The average molecular weight is 386 g/mol. The van der Waals surface area contributed by atoms with Gasteiger partial charge in [0, 0.05) is 16.4 Å². The van der Waals surface area contributed by atoms with Crippen LogP contribution in [0.5, 0.6) is 6.01 Å². The molecule has 0 radical (unpaired) electrons. The molecule has 22 heavy (non-hydrogen) atoms. The van der Waals surface area contributed by atoms with Crippen LogP contribution in [-0.4, -0.2) is 40.0 Å². The molecule has 116 valence electrons. The SMILES string of the molecule is O=C(c1cc(Br)cs1)N1CCCC(Oc2ncc(F)cn2)C1. The van der Waals surface area contributed by atoms with Gasteiger partial charge in [-0.15, -0.1) is 11.3 Å². The van der Waals surface area contributed by atoms with Crippen molar-refractivity contribution >= 4 is 33.2 Å². The molecule has 3 rings (SSSR count). The van der Waals surface area contributed by atoms with Gasteiger partial charge in [-0.25, -0.2) is 14.4 Å². The molecule has 0 aromatic carbocycles. The summed E-state index contributed by atoms with van der Waals surface area (Å²) in [6.07, 6.45) is 3.63. The average Bonchev–Trinajstić information content (AvgIpc) is 2.96. The van der Waals surface area contributed by atoms with Crippen molar-refractivity contribution in [1.82, 2.24) is 14.9 Å². The van der Waals surface area contributed by atoms with Gasteiger partial charge in [0.15, 0.2) is 5.82 Å². The fourth-order valence-electron chi connectivity index (χ4n) is 2.31. The van der Waals surface area contributed by atoms with Gasteiger partial charge < -0.3 is 9.64 Å². The van der Waals surface area contributed by atoms with Crippen LogP contribution in [0.1, 0.15) is 22.5 Å². The normalized spacial score (nSPS) is 18.3. The molecule has 0 aliphatic carbocycles. The monoisotopic (exact) mass is 385 g/mol. The van der Waals surface area contributed by atoms with E-state index in [0.717, 1.165) is 29.7 Å². The van der Waals surface area contributed by atoms with Crippen molar-refractivity contribution in [1.29, 1.82) is 0 Å². The third kappa shape index (κ3) is 3.61. The fourth-order valence-corrected chi connectivity index (χ4v) is 3.70. The Morgan fingerprint density at radius 1 is 1.45 bits per heavy atom. The molecule has 0 bridgehead atoms. The quantitative estimate of drug-likeness (QED) is 0.814. The molecule has 8 heteroatoms. The van der Waals surface area contributed by atoms with Crippen LogP contribution in [0.3, 0.4) is 0 Å². The largest absolute Gasteiger partial charge is 0.458 e. The number of halogens is 2. The van der Waals surface area contributed by atoms with Crippen molar-refractivity contribution in [3.05, 3.63) is 39.0 Å². The summed E-state index contributed by atoms with van der Waals surface area (Å²) in [6, 6.07) is 1.96. The third-order valence-corrected chi connectivity index (χ3v) is 4.99. The summed E-state index contributed by atoms with van der Waals surface area (Å²) in [6.45, 7) is 1.19. The molecule has 1 fully saturated rings. The zero-order valence-electron chi connectivity index (χ0n) is 11.5. The molecular formula is C14H13BrFN3O2S. The molecule has 0 N–H and O–H groups in total. The van der Waals surface area contributed by atoms with Crippen LogP contribution >= 0.6 is 27.3 Å². The number of likely N-dealkylation sites (tertiary alicyclic amines) is 1. The second-order valence-electron chi connectivity index (χ2n) is 4.95. The molecule has 1 atom stereocenters. The summed E-state index contributed by atoms with van der Waals surface area (Å²) in [5, 5.41) is 1.89. The van der Waals surface area contributed by atoms with Gasteiger partial charge in [-0.1, -0.05) is 0 Å². The number of amides is 1. The smallest absolute Gasteiger partial charge is 0.316 e. The zero-order valence-corrected chi connectivity index (χ0v) is 13.9. The van der Waals surface area contributed by atoms with E-state index >= 15 is 0 Å². The first kappa shape index (κ1) is 15.4. The summed E-state index contributed by atoms with van der Waals surface area (Å²) < 4.78 is 19.3. The summed E-state index contributed by atoms with van der Waals surface area (Å²) in [4.78, 5) is 22.5. The summed E-state index contributed by atoms with van der Waals surface area (Å²) >= 11 is 4.77. The van der Waals surface area contributed by atoms with E-state index in [9.17, 15) is 9.18 Å². The number of ether oxygens (including phenoxy) is 1. The molecule has 2 aromatic heterocycles. The molecular weight excluding hydrogens is 373 g/mol. The maximum atomic E-state index is 12.8. The highest BCUT2D eigenvalue weighted by Crippen LogP contribution is 2.23. The number of hydrogen-bond acceptors (Lipinski definition) is 5. The highest BCUT2D eigenvalue weighted by molar-refractivity contribution is 9.10. The van der Waals surface area contributed by atoms with E-state index < -0.39 is 5.82 Å². The Bertz CT molecular complexity index is 664.